The van der Waals surface area contributed by atoms with Gasteiger partial charge >= 0.3 is 0 Å². The van der Waals surface area contributed by atoms with E-state index < -0.39 is 0 Å². The third-order valence-electron chi connectivity index (χ3n) is 2.92. The van der Waals surface area contributed by atoms with Gasteiger partial charge < -0.3 is 5.32 Å². The van der Waals surface area contributed by atoms with Crippen LogP contribution in [0, 0.1) is 12.3 Å². The van der Waals surface area contributed by atoms with Crippen LogP contribution in [0.15, 0.2) is 23.2 Å². The zero-order chi connectivity index (χ0) is 14.0. The Morgan fingerprint density at radius 1 is 1.42 bits per heavy atom. The summed E-state index contributed by atoms with van der Waals surface area (Å²) in [5, 5.41) is 5.65. The maximum atomic E-state index is 6.19. The standard InChI is InChI=1S/C15H21ClN2S/c1-10-5-6-12(16)13(7-10)18-14-17-9-11(19-14)8-15(2,3)4/h5-7,11H,8-9H2,1-4H3,(H,17,18). The first-order valence-electron chi connectivity index (χ1n) is 6.58. The number of amidine groups is 1. The highest BCUT2D eigenvalue weighted by Gasteiger charge is 2.25. The summed E-state index contributed by atoms with van der Waals surface area (Å²) in [5.74, 6) is 0. The number of aryl methyl sites for hydroxylation is 1. The number of benzene rings is 1. The molecule has 19 heavy (non-hydrogen) atoms. The molecule has 1 unspecified atom stereocenters. The summed E-state index contributed by atoms with van der Waals surface area (Å²) in [6, 6.07) is 5.99. The lowest BCUT2D eigenvalue weighted by Gasteiger charge is -2.21. The number of aliphatic imine (C=N–C) groups is 1. The predicted molar refractivity (Wildman–Crippen MR) is 87.6 cm³/mol. The van der Waals surface area contributed by atoms with Crippen LogP contribution in [-0.4, -0.2) is 17.0 Å². The molecule has 104 valence electrons. The Morgan fingerprint density at radius 3 is 2.84 bits per heavy atom. The van der Waals surface area contributed by atoms with Crippen molar-refractivity contribution < 1.29 is 0 Å². The largest absolute Gasteiger partial charge is 0.334 e. The summed E-state index contributed by atoms with van der Waals surface area (Å²) in [4.78, 5) is 4.58. The molecule has 1 aliphatic heterocycles. The Hall–Kier alpha value is -0.670. The number of anilines is 1. The lowest BCUT2D eigenvalue weighted by atomic mass is 9.90. The second-order valence-corrected chi connectivity index (χ2v) is 7.96. The highest BCUT2D eigenvalue weighted by molar-refractivity contribution is 8.15. The zero-order valence-electron chi connectivity index (χ0n) is 12.0. The molecule has 0 radical (unpaired) electrons. The van der Waals surface area contributed by atoms with Gasteiger partial charge in [0.15, 0.2) is 5.17 Å². The van der Waals surface area contributed by atoms with Crippen molar-refractivity contribution in [3.8, 4) is 0 Å². The molecule has 0 saturated heterocycles. The molecule has 4 heteroatoms. The third kappa shape index (κ3) is 4.43. The molecule has 1 aromatic rings. The minimum absolute atomic E-state index is 0.351. The molecule has 0 bridgehead atoms. The van der Waals surface area contributed by atoms with Gasteiger partial charge in [0.05, 0.1) is 17.3 Å². The molecule has 2 nitrogen and oxygen atoms in total. The Labute approximate surface area is 125 Å². The number of nitrogens with zero attached hydrogens (tertiary/aromatic N) is 1. The predicted octanol–water partition coefficient (Wildman–Crippen LogP) is 4.97. The number of hydrogen-bond acceptors (Lipinski definition) is 3. The van der Waals surface area contributed by atoms with Gasteiger partial charge in [0, 0.05) is 5.25 Å². The molecule has 2 rings (SSSR count). The lowest BCUT2D eigenvalue weighted by Crippen LogP contribution is -2.16. The lowest BCUT2D eigenvalue weighted by molar-refractivity contribution is 0.375. The minimum atomic E-state index is 0.351. The van der Waals surface area contributed by atoms with Crippen LogP contribution < -0.4 is 5.32 Å². The van der Waals surface area contributed by atoms with Gasteiger partial charge in [-0.15, -0.1) is 0 Å². The molecule has 0 fully saturated rings. The second-order valence-electron chi connectivity index (χ2n) is 6.26. The Kier molecular flexibility index (Phi) is 4.46. The SMILES string of the molecule is Cc1ccc(Cl)c(NC2=NCC(CC(C)(C)C)S2)c1. The zero-order valence-corrected chi connectivity index (χ0v) is 13.5. The van der Waals surface area contributed by atoms with Gasteiger partial charge in [-0.3, -0.25) is 4.99 Å². The van der Waals surface area contributed by atoms with E-state index in [2.05, 4.69) is 44.1 Å². The molecule has 1 heterocycles. The van der Waals surface area contributed by atoms with Gasteiger partial charge in [-0.25, -0.2) is 0 Å². The van der Waals surface area contributed by atoms with Crippen LogP contribution in [-0.2, 0) is 0 Å². The van der Waals surface area contributed by atoms with Gasteiger partial charge in [0.2, 0.25) is 0 Å². The van der Waals surface area contributed by atoms with E-state index >= 15 is 0 Å². The fourth-order valence-corrected chi connectivity index (χ4v) is 3.66. The van der Waals surface area contributed by atoms with E-state index in [1.807, 2.05) is 23.9 Å². The molecular weight excluding hydrogens is 276 g/mol. The van der Waals surface area contributed by atoms with Crippen molar-refractivity contribution >= 4 is 34.2 Å². The molecular formula is C15H21ClN2S. The van der Waals surface area contributed by atoms with Crippen LogP contribution in [0.25, 0.3) is 0 Å². The average Bonchev–Trinajstić information content (AvgIpc) is 2.68. The quantitative estimate of drug-likeness (QED) is 0.833. The summed E-state index contributed by atoms with van der Waals surface area (Å²) >= 11 is 8.02. The molecule has 1 N–H and O–H groups in total. The molecule has 1 atom stereocenters. The highest BCUT2D eigenvalue weighted by atomic mass is 35.5. The van der Waals surface area contributed by atoms with Crippen molar-refractivity contribution in [2.24, 2.45) is 10.4 Å². The van der Waals surface area contributed by atoms with E-state index in [-0.39, 0.29) is 0 Å². The van der Waals surface area contributed by atoms with E-state index in [9.17, 15) is 0 Å². The number of halogens is 1. The summed E-state index contributed by atoms with van der Waals surface area (Å²) in [6.45, 7) is 9.78. The van der Waals surface area contributed by atoms with Crippen LogP contribution in [0.2, 0.25) is 5.02 Å². The van der Waals surface area contributed by atoms with Crippen molar-refractivity contribution in [1.82, 2.24) is 0 Å². The van der Waals surface area contributed by atoms with Crippen molar-refractivity contribution in [1.29, 1.82) is 0 Å². The second kappa shape index (κ2) is 5.76. The van der Waals surface area contributed by atoms with E-state index in [1.165, 1.54) is 12.0 Å². The van der Waals surface area contributed by atoms with Crippen molar-refractivity contribution in [2.45, 2.75) is 39.4 Å². The van der Waals surface area contributed by atoms with E-state index in [0.717, 1.165) is 22.4 Å². The monoisotopic (exact) mass is 296 g/mol. The van der Waals surface area contributed by atoms with Gasteiger partial charge in [-0.05, 0) is 36.5 Å². The van der Waals surface area contributed by atoms with Crippen LogP contribution in [0.4, 0.5) is 5.69 Å². The van der Waals surface area contributed by atoms with Gasteiger partial charge in [0.25, 0.3) is 0 Å². The molecule has 0 amide bonds. The number of rotatable bonds is 2. The Morgan fingerprint density at radius 2 is 2.16 bits per heavy atom. The van der Waals surface area contributed by atoms with Crippen LogP contribution in [0.1, 0.15) is 32.8 Å². The average molecular weight is 297 g/mol. The fraction of sp³-hybridized carbons (Fsp3) is 0.533. The van der Waals surface area contributed by atoms with Crippen molar-refractivity contribution in [3.63, 3.8) is 0 Å². The number of thioether (sulfide) groups is 1. The maximum absolute atomic E-state index is 6.19. The van der Waals surface area contributed by atoms with Gasteiger partial charge in [0.1, 0.15) is 0 Å². The summed E-state index contributed by atoms with van der Waals surface area (Å²) in [7, 11) is 0. The molecule has 0 saturated carbocycles. The fourth-order valence-electron chi connectivity index (χ4n) is 2.13. The van der Waals surface area contributed by atoms with Crippen molar-refractivity contribution in [2.75, 3.05) is 11.9 Å². The first-order chi connectivity index (χ1) is 8.83. The summed E-state index contributed by atoms with van der Waals surface area (Å²) < 4.78 is 0. The van der Waals surface area contributed by atoms with E-state index in [0.29, 0.717) is 10.7 Å². The van der Waals surface area contributed by atoms with Crippen LogP contribution >= 0.6 is 23.4 Å². The maximum Gasteiger partial charge on any atom is 0.161 e. The topological polar surface area (TPSA) is 24.4 Å². The first-order valence-corrected chi connectivity index (χ1v) is 7.83. The van der Waals surface area contributed by atoms with Gasteiger partial charge in [-0.2, -0.15) is 0 Å². The first kappa shape index (κ1) is 14.7. The smallest absolute Gasteiger partial charge is 0.161 e. The molecule has 0 aromatic heterocycles. The Balaban J connectivity index is 1.97. The van der Waals surface area contributed by atoms with E-state index in [4.69, 9.17) is 11.6 Å². The molecule has 0 spiro atoms. The number of nitrogens with one attached hydrogen (secondary N) is 1. The van der Waals surface area contributed by atoms with E-state index in [1.54, 1.807) is 0 Å². The molecule has 1 aliphatic rings. The summed E-state index contributed by atoms with van der Waals surface area (Å²) in [6.07, 6.45) is 1.17. The normalized spacial score (nSPS) is 19.4. The minimum Gasteiger partial charge on any atom is -0.334 e. The highest BCUT2D eigenvalue weighted by Crippen LogP contribution is 2.33. The summed E-state index contributed by atoms with van der Waals surface area (Å²) in [5.41, 5.74) is 2.50. The Bertz CT molecular complexity index is 491. The molecule has 1 aromatic carbocycles. The molecule has 0 aliphatic carbocycles. The third-order valence-corrected chi connectivity index (χ3v) is 4.35. The van der Waals surface area contributed by atoms with Crippen LogP contribution in [0.3, 0.4) is 0 Å². The van der Waals surface area contributed by atoms with Crippen molar-refractivity contribution in [3.05, 3.63) is 28.8 Å². The number of hydrogen-bond donors (Lipinski definition) is 1. The van der Waals surface area contributed by atoms with Gasteiger partial charge in [-0.1, -0.05) is 50.2 Å². The van der Waals surface area contributed by atoms with Crippen LogP contribution in [0.5, 0.6) is 0 Å².